The summed E-state index contributed by atoms with van der Waals surface area (Å²) in [5, 5.41) is 3.92. The van der Waals surface area contributed by atoms with Crippen molar-refractivity contribution in [1.29, 1.82) is 0 Å². The number of rotatable bonds is 4. The number of aromatic nitrogens is 1. The Morgan fingerprint density at radius 1 is 1.38 bits per heavy atom. The first-order chi connectivity index (χ1) is 11.6. The van der Waals surface area contributed by atoms with E-state index in [2.05, 4.69) is 5.16 Å². The lowest BCUT2D eigenvalue weighted by atomic mass is 10.1. The summed E-state index contributed by atoms with van der Waals surface area (Å²) < 4.78 is 16.6. The standard InChI is InChI=1S/C18H22N2O4/c1-12-10-20(8-9-22-12)18(21)15-6-4-5-7-17(15)23-11-16-13(2)19-24-14(16)3/h4-7,12H,8-11H2,1-3H3/t12-/m1/s1. The molecule has 1 aromatic heterocycles. The first-order valence-corrected chi connectivity index (χ1v) is 8.10. The molecule has 2 heterocycles. The van der Waals surface area contributed by atoms with Crippen LogP contribution in [0, 0.1) is 13.8 Å². The second-order valence-electron chi connectivity index (χ2n) is 6.02. The van der Waals surface area contributed by atoms with Gasteiger partial charge in [0.2, 0.25) is 0 Å². The molecule has 1 aliphatic rings. The summed E-state index contributed by atoms with van der Waals surface area (Å²) in [6.45, 7) is 7.78. The molecule has 0 bridgehead atoms. The number of aryl methyl sites for hydroxylation is 2. The Kier molecular flexibility index (Phi) is 4.85. The van der Waals surface area contributed by atoms with E-state index in [1.54, 1.807) is 6.07 Å². The molecule has 1 atom stereocenters. The van der Waals surface area contributed by atoms with Crippen molar-refractivity contribution in [2.45, 2.75) is 33.5 Å². The molecule has 1 saturated heterocycles. The lowest BCUT2D eigenvalue weighted by molar-refractivity contribution is -0.0125. The Hall–Kier alpha value is -2.34. The predicted octanol–water partition coefficient (Wildman–Crippen LogP) is 2.73. The first kappa shape index (κ1) is 16.5. The zero-order chi connectivity index (χ0) is 17.1. The van der Waals surface area contributed by atoms with Crippen LogP contribution in [0.1, 0.15) is 34.3 Å². The van der Waals surface area contributed by atoms with Gasteiger partial charge >= 0.3 is 0 Å². The molecule has 24 heavy (non-hydrogen) atoms. The van der Waals surface area contributed by atoms with Gasteiger partial charge in [0, 0.05) is 13.1 Å². The summed E-state index contributed by atoms with van der Waals surface area (Å²) in [5.41, 5.74) is 2.29. The van der Waals surface area contributed by atoms with Crippen LogP contribution < -0.4 is 4.74 Å². The van der Waals surface area contributed by atoms with Crippen LogP contribution in [0.25, 0.3) is 0 Å². The third-order valence-corrected chi connectivity index (χ3v) is 4.20. The Labute approximate surface area is 141 Å². The zero-order valence-electron chi connectivity index (χ0n) is 14.2. The van der Waals surface area contributed by atoms with E-state index in [0.717, 1.165) is 17.0 Å². The van der Waals surface area contributed by atoms with E-state index in [4.69, 9.17) is 14.0 Å². The Morgan fingerprint density at radius 3 is 2.88 bits per heavy atom. The number of hydrogen-bond donors (Lipinski definition) is 0. The van der Waals surface area contributed by atoms with Crippen LogP contribution in [0.5, 0.6) is 5.75 Å². The number of carbonyl (C=O) groups excluding carboxylic acids is 1. The number of carbonyl (C=O) groups is 1. The summed E-state index contributed by atoms with van der Waals surface area (Å²) in [5.74, 6) is 1.28. The summed E-state index contributed by atoms with van der Waals surface area (Å²) in [4.78, 5) is 14.6. The van der Waals surface area contributed by atoms with E-state index in [0.29, 0.717) is 37.6 Å². The molecular formula is C18H22N2O4. The minimum atomic E-state index is -0.0282. The number of benzene rings is 1. The van der Waals surface area contributed by atoms with Crippen LogP contribution in [-0.4, -0.2) is 41.8 Å². The molecule has 3 rings (SSSR count). The molecule has 0 saturated carbocycles. The molecule has 1 fully saturated rings. The van der Waals surface area contributed by atoms with Gasteiger partial charge < -0.3 is 18.9 Å². The van der Waals surface area contributed by atoms with Crippen LogP contribution in [0.4, 0.5) is 0 Å². The zero-order valence-corrected chi connectivity index (χ0v) is 14.2. The Balaban J connectivity index is 1.76. The van der Waals surface area contributed by atoms with Crippen molar-refractivity contribution in [2.75, 3.05) is 19.7 Å². The smallest absolute Gasteiger partial charge is 0.257 e. The quantitative estimate of drug-likeness (QED) is 0.862. The van der Waals surface area contributed by atoms with Crippen LogP contribution in [0.15, 0.2) is 28.8 Å². The highest BCUT2D eigenvalue weighted by Crippen LogP contribution is 2.23. The molecule has 1 amide bonds. The number of hydrogen-bond acceptors (Lipinski definition) is 5. The molecule has 1 aromatic carbocycles. The highest BCUT2D eigenvalue weighted by Gasteiger charge is 2.24. The molecule has 128 valence electrons. The van der Waals surface area contributed by atoms with Gasteiger partial charge in [-0.05, 0) is 32.9 Å². The van der Waals surface area contributed by atoms with Gasteiger partial charge in [-0.25, -0.2) is 0 Å². The third-order valence-electron chi connectivity index (χ3n) is 4.20. The van der Waals surface area contributed by atoms with Crippen molar-refractivity contribution in [3.05, 3.63) is 46.8 Å². The van der Waals surface area contributed by atoms with E-state index >= 15 is 0 Å². The maximum absolute atomic E-state index is 12.8. The molecule has 0 spiro atoms. The molecule has 6 heteroatoms. The highest BCUT2D eigenvalue weighted by atomic mass is 16.5. The van der Waals surface area contributed by atoms with Gasteiger partial charge in [-0.2, -0.15) is 0 Å². The molecule has 2 aromatic rings. The summed E-state index contributed by atoms with van der Waals surface area (Å²) in [6.07, 6.45) is 0.0538. The average molecular weight is 330 g/mol. The minimum absolute atomic E-state index is 0.0282. The largest absolute Gasteiger partial charge is 0.488 e. The van der Waals surface area contributed by atoms with Gasteiger partial charge in [0.05, 0.1) is 29.5 Å². The van der Waals surface area contributed by atoms with Gasteiger partial charge in [-0.1, -0.05) is 17.3 Å². The molecule has 0 aliphatic carbocycles. The van der Waals surface area contributed by atoms with Gasteiger partial charge in [0.15, 0.2) is 0 Å². The van der Waals surface area contributed by atoms with E-state index in [1.165, 1.54) is 0 Å². The van der Waals surface area contributed by atoms with Gasteiger partial charge in [0.25, 0.3) is 5.91 Å². The third kappa shape index (κ3) is 3.43. The fraction of sp³-hybridized carbons (Fsp3) is 0.444. The second kappa shape index (κ2) is 7.05. The van der Waals surface area contributed by atoms with E-state index in [1.807, 2.05) is 43.9 Å². The van der Waals surface area contributed by atoms with Crippen molar-refractivity contribution >= 4 is 5.91 Å². The molecule has 0 N–H and O–H groups in total. The molecular weight excluding hydrogens is 308 g/mol. The van der Waals surface area contributed by atoms with Gasteiger partial charge in [-0.15, -0.1) is 0 Å². The number of amides is 1. The minimum Gasteiger partial charge on any atom is -0.488 e. The Bertz CT molecular complexity index is 706. The van der Waals surface area contributed by atoms with Crippen LogP contribution >= 0.6 is 0 Å². The first-order valence-electron chi connectivity index (χ1n) is 8.10. The fourth-order valence-electron chi connectivity index (χ4n) is 2.80. The number of ether oxygens (including phenoxy) is 2. The van der Waals surface area contributed by atoms with Crippen molar-refractivity contribution in [3.8, 4) is 5.75 Å². The number of para-hydroxylation sites is 1. The molecule has 1 aliphatic heterocycles. The average Bonchev–Trinajstić information content (AvgIpc) is 2.91. The van der Waals surface area contributed by atoms with Crippen LogP contribution in [0.2, 0.25) is 0 Å². The fourth-order valence-corrected chi connectivity index (χ4v) is 2.80. The van der Waals surface area contributed by atoms with E-state index in [-0.39, 0.29) is 12.0 Å². The van der Waals surface area contributed by atoms with Gasteiger partial charge in [-0.3, -0.25) is 4.79 Å². The maximum atomic E-state index is 12.8. The van der Waals surface area contributed by atoms with Crippen molar-refractivity contribution in [1.82, 2.24) is 10.1 Å². The van der Waals surface area contributed by atoms with Crippen LogP contribution in [0.3, 0.4) is 0 Å². The Morgan fingerprint density at radius 2 is 2.17 bits per heavy atom. The predicted molar refractivity (Wildman–Crippen MR) is 88.1 cm³/mol. The summed E-state index contributed by atoms with van der Waals surface area (Å²) >= 11 is 0. The molecule has 0 unspecified atom stereocenters. The SMILES string of the molecule is Cc1noc(C)c1COc1ccccc1C(=O)N1CCO[C@H](C)C1. The second-order valence-corrected chi connectivity index (χ2v) is 6.02. The van der Waals surface area contributed by atoms with Crippen molar-refractivity contribution in [2.24, 2.45) is 0 Å². The highest BCUT2D eigenvalue weighted by molar-refractivity contribution is 5.97. The molecule has 0 radical (unpaired) electrons. The summed E-state index contributed by atoms with van der Waals surface area (Å²) in [7, 11) is 0. The lowest BCUT2D eigenvalue weighted by Gasteiger charge is -2.31. The van der Waals surface area contributed by atoms with E-state index < -0.39 is 0 Å². The monoisotopic (exact) mass is 330 g/mol. The lowest BCUT2D eigenvalue weighted by Crippen LogP contribution is -2.44. The summed E-state index contributed by atoms with van der Waals surface area (Å²) in [6, 6.07) is 7.32. The normalized spacial score (nSPS) is 17.8. The molecule has 6 nitrogen and oxygen atoms in total. The van der Waals surface area contributed by atoms with Crippen LogP contribution in [-0.2, 0) is 11.3 Å². The maximum Gasteiger partial charge on any atom is 0.257 e. The number of morpholine rings is 1. The van der Waals surface area contributed by atoms with E-state index in [9.17, 15) is 4.79 Å². The van der Waals surface area contributed by atoms with Crippen molar-refractivity contribution < 1.29 is 18.8 Å². The van der Waals surface area contributed by atoms with Crippen molar-refractivity contribution in [3.63, 3.8) is 0 Å². The topological polar surface area (TPSA) is 64.8 Å². The van der Waals surface area contributed by atoms with Gasteiger partial charge in [0.1, 0.15) is 18.1 Å². The number of nitrogens with zero attached hydrogens (tertiary/aromatic N) is 2.